The van der Waals surface area contributed by atoms with Gasteiger partial charge in [0.2, 0.25) is 11.8 Å². The van der Waals surface area contributed by atoms with E-state index in [0.717, 1.165) is 11.1 Å². The molecule has 0 atom stereocenters. The minimum Gasteiger partial charge on any atom is -0.351 e. The van der Waals surface area contributed by atoms with Crippen LogP contribution in [-0.2, 0) is 16.1 Å². The summed E-state index contributed by atoms with van der Waals surface area (Å²) in [5.74, 6) is -0.215. The average Bonchev–Trinajstić information content (AvgIpc) is 2.46. The second-order valence-corrected chi connectivity index (χ2v) is 5.30. The quantitative estimate of drug-likeness (QED) is 0.792. The fraction of sp³-hybridized carbons (Fsp3) is 0.353. The number of carbonyl (C=O) groups is 2. The Morgan fingerprint density at radius 2 is 2.00 bits per heavy atom. The number of benzene rings is 1. The van der Waals surface area contributed by atoms with Crippen LogP contribution in [0.15, 0.2) is 35.9 Å². The molecule has 0 spiro atoms. The van der Waals surface area contributed by atoms with E-state index in [9.17, 15) is 9.59 Å². The molecule has 0 aromatic heterocycles. The number of anilines is 1. The highest BCUT2D eigenvalue weighted by Crippen LogP contribution is 2.16. The molecule has 0 aliphatic rings. The Morgan fingerprint density at radius 3 is 2.64 bits per heavy atom. The minimum absolute atomic E-state index is 0.176. The van der Waals surface area contributed by atoms with E-state index in [1.165, 1.54) is 0 Å². The summed E-state index contributed by atoms with van der Waals surface area (Å²) in [5, 5.41) is 13.9. The van der Waals surface area contributed by atoms with Crippen LogP contribution in [0.2, 0.25) is 0 Å². The summed E-state index contributed by atoms with van der Waals surface area (Å²) in [5.41, 5.74) is 2.44. The van der Waals surface area contributed by atoms with Crippen LogP contribution in [-0.4, -0.2) is 11.8 Å². The van der Waals surface area contributed by atoms with Crippen LogP contribution in [0.25, 0.3) is 0 Å². The lowest BCUT2D eigenvalue weighted by atomic mass is 10.1. The predicted molar refractivity (Wildman–Crippen MR) is 85.7 cm³/mol. The highest BCUT2D eigenvalue weighted by atomic mass is 16.2. The van der Waals surface area contributed by atoms with E-state index in [1.807, 2.05) is 39.0 Å². The molecule has 1 aromatic rings. The standard InChI is InChI=1S/C17H21N3O2/c1-12(2)13(3)10-17(22)20-15-7-5-4-6-14(15)11-19-16(21)8-9-18/h4-7,10,12H,8,11H2,1-3H3,(H,19,21)(H,20,22)/b13-10+. The molecule has 2 N–H and O–H groups in total. The molecule has 5 nitrogen and oxygen atoms in total. The van der Waals surface area contributed by atoms with Gasteiger partial charge >= 0.3 is 0 Å². The maximum Gasteiger partial charge on any atom is 0.248 e. The molecule has 0 saturated heterocycles. The topological polar surface area (TPSA) is 82.0 Å². The summed E-state index contributed by atoms with van der Waals surface area (Å²) >= 11 is 0. The summed E-state index contributed by atoms with van der Waals surface area (Å²) in [6.45, 7) is 6.23. The number of amides is 2. The van der Waals surface area contributed by atoms with E-state index in [4.69, 9.17) is 5.26 Å². The van der Waals surface area contributed by atoms with E-state index >= 15 is 0 Å². The van der Waals surface area contributed by atoms with Crippen molar-refractivity contribution >= 4 is 17.5 Å². The number of nitrogens with zero attached hydrogens (tertiary/aromatic N) is 1. The Balaban J connectivity index is 2.76. The van der Waals surface area contributed by atoms with Crippen molar-refractivity contribution in [2.24, 2.45) is 5.92 Å². The summed E-state index contributed by atoms with van der Waals surface area (Å²) < 4.78 is 0. The number of para-hydroxylation sites is 1. The third kappa shape index (κ3) is 5.80. The van der Waals surface area contributed by atoms with Gasteiger partial charge in [0, 0.05) is 18.3 Å². The smallest absolute Gasteiger partial charge is 0.248 e. The summed E-state index contributed by atoms with van der Waals surface area (Å²) in [6.07, 6.45) is 1.40. The molecule has 0 saturated carbocycles. The second-order valence-electron chi connectivity index (χ2n) is 5.30. The van der Waals surface area contributed by atoms with E-state index in [1.54, 1.807) is 18.2 Å². The molecule has 0 fully saturated rings. The number of hydrogen-bond acceptors (Lipinski definition) is 3. The first-order valence-electron chi connectivity index (χ1n) is 7.14. The zero-order chi connectivity index (χ0) is 16.5. The number of nitrogens with one attached hydrogen (secondary N) is 2. The molecule has 1 rings (SSSR count). The van der Waals surface area contributed by atoms with Crippen LogP contribution >= 0.6 is 0 Å². The summed E-state index contributed by atoms with van der Waals surface area (Å²) in [6, 6.07) is 9.04. The number of nitriles is 1. The van der Waals surface area contributed by atoms with Crippen molar-refractivity contribution in [3.63, 3.8) is 0 Å². The normalized spacial score (nSPS) is 11.0. The molecule has 0 aliphatic carbocycles. The number of allylic oxidation sites excluding steroid dienone is 1. The molecule has 0 radical (unpaired) electrons. The molecule has 0 unspecified atom stereocenters. The van der Waals surface area contributed by atoms with Crippen molar-refractivity contribution in [2.45, 2.75) is 33.7 Å². The molecule has 116 valence electrons. The SMILES string of the molecule is C/C(=C\C(=O)Nc1ccccc1CNC(=O)CC#N)C(C)C. The second kappa shape index (κ2) is 8.63. The van der Waals surface area contributed by atoms with Crippen LogP contribution in [0.3, 0.4) is 0 Å². The molecule has 22 heavy (non-hydrogen) atoms. The number of rotatable bonds is 6. The van der Waals surface area contributed by atoms with Crippen LogP contribution < -0.4 is 10.6 Å². The molecule has 0 bridgehead atoms. The zero-order valence-electron chi connectivity index (χ0n) is 13.1. The maximum atomic E-state index is 12.0. The van der Waals surface area contributed by atoms with Crippen molar-refractivity contribution in [2.75, 3.05) is 5.32 Å². The Hall–Kier alpha value is -2.61. The van der Waals surface area contributed by atoms with Crippen LogP contribution in [0.1, 0.15) is 32.8 Å². The first kappa shape index (κ1) is 17.4. The van der Waals surface area contributed by atoms with Crippen LogP contribution in [0, 0.1) is 17.2 Å². The molecule has 5 heteroatoms. The van der Waals surface area contributed by atoms with Gasteiger partial charge in [-0.25, -0.2) is 0 Å². The van der Waals surface area contributed by atoms with Gasteiger partial charge in [0.25, 0.3) is 0 Å². The molecule has 1 aromatic carbocycles. The number of carbonyl (C=O) groups excluding carboxylic acids is 2. The summed E-state index contributed by atoms with van der Waals surface area (Å²) in [7, 11) is 0. The van der Waals surface area contributed by atoms with Gasteiger partial charge in [-0.05, 0) is 24.5 Å². The highest BCUT2D eigenvalue weighted by Gasteiger charge is 2.07. The number of hydrogen-bond donors (Lipinski definition) is 2. The third-order valence-electron chi connectivity index (χ3n) is 3.26. The van der Waals surface area contributed by atoms with Gasteiger partial charge in [-0.15, -0.1) is 0 Å². The third-order valence-corrected chi connectivity index (χ3v) is 3.26. The predicted octanol–water partition coefficient (Wildman–Crippen LogP) is 2.76. The Kier molecular flexibility index (Phi) is 6.84. The van der Waals surface area contributed by atoms with Crippen LogP contribution in [0.4, 0.5) is 5.69 Å². The van der Waals surface area contributed by atoms with Crippen molar-refractivity contribution in [1.82, 2.24) is 5.32 Å². The Labute approximate surface area is 131 Å². The van der Waals surface area contributed by atoms with E-state index in [2.05, 4.69) is 10.6 Å². The lowest BCUT2D eigenvalue weighted by molar-refractivity contribution is -0.120. The molecule has 0 heterocycles. The lowest BCUT2D eigenvalue weighted by Crippen LogP contribution is -2.23. The van der Waals surface area contributed by atoms with Gasteiger partial charge in [0.15, 0.2) is 0 Å². The van der Waals surface area contributed by atoms with Gasteiger partial charge in [-0.3, -0.25) is 9.59 Å². The van der Waals surface area contributed by atoms with E-state index < -0.39 is 0 Å². The average molecular weight is 299 g/mol. The minimum atomic E-state index is -0.334. The van der Waals surface area contributed by atoms with Crippen molar-refractivity contribution < 1.29 is 9.59 Å². The van der Waals surface area contributed by atoms with E-state index in [0.29, 0.717) is 11.6 Å². The van der Waals surface area contributed by atoms with Crippen molar-refractivity contribution in [3.05, 3.63) is 41.5 Å². The Bertz CT molecular complexity index is 613. The van der Waals surface area contributed by atoms with Crippen LogP contribution in [0.5, 0.6) is 0 Å². The fourth-order valence-corrected chi connectivity index (χ4v) is 1.67. The monoisotopic (exact) mass is 299 g/mol. The first-order chi connectivity index (χ1) is 10.4. The van der Waals surface area contributed by atoms with Gasteiger partial charge in [-0.1, -0.05) is 37.6 Å². The zero-order valence-corrected chi connectivity index (χ0v) is 13.1. The van der Waals surface area contributed by atoms with Crippen molar-refractivity contribution in [3.8, 4) is 6.07 Å². The summed E-state index contributed by atoms with van der Waals surface area (Å²) in [4.78, 5) is 23.3. The highest BCUT2D eigenvalue weighted by molar-refractivity contribution is 6.00. The van der Waals surface area contributed by atoms with Gasteiger partial charge in [-0.2, -0.15) is 5.26 Å². The largest absolute Gasteiger partial charge is 0.351 e. The maximum absolute atomic E-state index is 12.0. The fourth-order valence-electron chi connectivity index (χ4n) is 1.67. The van der Waals surface area contributed by atoms with E-state index in [-0.39, 0.29) is 24.8 Å². The molecular weight excluding hydrogens is 278 g/mol. The molecule has 2 amide bonds. The van der Waals surface area contributed by atoms with Crippen molar-refractivity contribution in [1.29, 1.82) is 5.26 Å². The van der Waals surface area contributed by atoms with Gasteiger partial charge in [0.05, 0.1) is 6.07 Å². The molecular formula is C17H21N3O2. The van der Waals surface area contributed by atoms with Gasteiger partial charge in [0.1, 0.15) is 6.42 Å². The Morgan fingerprint density at radius 1 is 1.32 bits per heavy atom. The molecule has 0 aliphatic heterocycles. The first-order valence-corrected chi connectivity index (χ1v) is 7.14. The van der Waals surface area contributed by atoms with Gasteiger partial charge < -0.3 is 10.6 Å². The lowest BCUT2D eigenvalue weighted by Gasteiger charge is -2.11.